The monoisotopic (exact) mass is 787 g/mol. The molecule has 0 amide bonds. The van der Waals surface area contributed by atoms with Gasteiger partial charge in [-0.05, 0) is 40.3 Å². The second kappa shape index (κ2) is 16.7. The van der Waals surface area contributed by atoms with Gasteiger partial charge in [-0.2, -0.15) is 0 Å². The van der Waals surface area contributed by atoms with E-state index in [-0.39, 0.29) is 0 Å². The number of hydrogen-bond donors (Lipinski definition) is 3. The van der Waals surface area contributed by atoms with E-state index < -0.39 is 37.4 Å². The Bertz CT molecular complexity index is 2400. The first-order valence-corrected chi connectivity index (χ1v) is 20.7. The van der Waals surface area contributed by atoms with E-state index in [4.69, 9.17) is 24.4 Å². The number of anilines is 1. The first-order chi connectivity index (χ1) is 28.3. The highest BCUT2D eigenvalue weighted by Crippen LogP contribution is 2.46. The largest absolute Gasteiger partial charge is 0.361 e. The quantitative estimate of drug-likeness (QED) is 0.0687. The Morgan fingerprint density at radius 3 is 1.40 bits per heavy atom. The smallest absolute Gasteiger partial charge is 0.350 e. The summed E-state index contributed by atoms with van der Waals surface area (Å²) in [7, 11) is -4.57. The Morgan fingerprint density at radius 2 is 1.00 bits per heavy atom. The Hall–Kier alpha value is -6.26. The predicted octanol–water partition coefficient (Wildman–Crippen LogP) is 9.28. The molecule has 2 atom stereocenters. The fourth-order valence-corrected chi connectivity index (χ4v) is 8.10. The molecular weight excluding hydrogens is 746 g/mol. The molecule has 0 spiro atoms. The number of hydrogen-bond acceptors (Lipinski definition) is 7. The molecular formula is C47H42N5O5P. The van der Waals surface area contributed by atoms with Gasteiger partial charge >= 0.3 is 7.60 Å². The minimum absolute atomic E-state index is 0.417. The normalized spacial score (nSPS) is 13.2. The summed E-state index contributed by atoms with van der Waals surface area (Å²) in [5.74, 6) is 0.461. The molecule has 58 heavy (non-hydrogen) atoms. The molecule has 0 saturated heterocycles. The molecule has 0 aliphatic carbocycles. The van der Waals surface area contributed by atoms with Gasteiger partial charge in [0.05, 0.1) is 6.33 Å². The Morgan fingerprint density at radius 1 is 0.603 bits per heavy atom. The number of ether oxygens (including phenoxy) is 2. The van der Waals surface area contributed by atoms with E-state index in [1.807, 2.05) is 146 Å². The highest BCUT2D eigenvalue weighted by atomic mass is 31.2. The molecule has 0 bridgehead atoms. The molecule has 2 aromatic heterocycles. The summed E-state index contributed by atoms with van der Waals surface area (Å²) >= 11 is 0. The van der Waals surface area contributed by atoms with Gasteiger partial charge in [-0.25, -0.2) is 15.0 Å². The van der Waals surface area contributed by atoms with Crippen molar-refractivity contribution in [1.29, 1.82) is 0 Å². The van der Waals surface area contributed by atoms with Crippen molar-refractivity contribution >= 4 is 24.6 Å². The van der Waals surface area contributed by atoms with Crippen LogP contribution in [0.15, 0.2) is 195 Å². The van der Waals surface area contributed by atoms with Crippen molar-refractivity contribution in [1.82, 2.24) is 19.5 Å². The van der Waals surface area contributed by atoms with Crippen molar-refractivity contribution in [2.75, 3.05) is 11.7 Å². The zero-order valence-corrected chi connectivity index (χ0v) is 32.6. The van der Waals surface area contributed by atoms with E-state index >= 15 is 0 Å². The summed E-state index contributed by atoms with van der Waals surface area (Å²) in [6, 6.07) is 60.2. The molecule has 2 unspecified atom stereocenters. The molecule has 8 aromatic rings. The summed E-state index contributed by atoms with van der Waals surface area (Å²) in [6.45, 7) is 1.73. The molecule has 6 aromatic carbocycles. The fraction of sp³-hybridized carbons (Fsp3) is 0.128. The fourth-order valence-electron chi connectivity index (χ4n) is 7.67. The van der Waals surface area contributed by atoms with Crippen LogP contribution in [0.4, 0.5) is 5.82 Å². The van der Waals surface area contributed by atoms with Crippen molar-refractivity contribution in [2.45, 2.75) is 30.4 Å². The number of imidazole rings is 1. The van der Waals surface area contributed by atoms with Crippen LogP contribution in [0.25, 0.3) is 11.2 Å². The van der Waals surface area contributed by atoms with Gasteiger partial charge < -0.3 is 24.6 Å². The van der Waals surface area contributed by atoms with Gasteiger partial charge in [0.25, 0.3) is 0 Å². The molecule has 290 valence electrons. The Labute approximate surface area is 337 Å². The van der Waals surface area contributed by atoms with E-state index in [0.717, 1.165) is 33.4 Å². The van der Waals surface area contributed by atoms with Crippen LogP contribution in [-0.4, -0.2) is 41.8 Å². The molecule has 10 nitrogen and oxygen atoms in total. The first kappa shape index (κ1) is 38.6. The number of aromatic nitrogens is 4. The van der Waals surface area contributed by atoms with E-state index in [1.165, 1.54) is 6.33 Å². The summed E-state index contributed by atoms with van der Waals surface area (Å²) in [4.78, 5) is 34.4. The van der Waals surface area contributed by atoms with Gasteiger partial charge in [-0.15, -0.1) is 0 Å². The summed E-state index contributed by atoms with van der Waals surface area (Å²) in [5, 5.41) is 3.83. The molecule has 11 heteroatoms. The van der Waals surface area contributed by atoms with Crippen LogP contribution in [0.3, 0.4) is 0 Å². The Balaban J connectivity index is 1.33. The van der Waals surface area contributed by atoms with Gasteiger partial charge in [-0.1, -0.05) is 182 Å². The van der Waals surface area contributed by atoms with Crippen molar-refractivity contribution in [3.8, 4) is 0 Å². The van der Waals surface area contributed by atoms with Gasteiger partial charge in [0.2, 0.25) is 0 Å². The maximum absolute atomic E-state index is 12.2. The lowest BCUT2D eigenvalue weighted by molar-refractivity contribution is -0.147. The van der Waals surface area contributed by atoms with Crippen LogP contribution < -0.4 is 5.32 Å². The number of nitrogens with zero attached hydrogens (tertiary/aromatic N) is 4. The third-order valence-electron chi connectivity index (χ3n) is 10.3. The average Bonchev–Trinajstić information content (AvgIpc) is 3.71. The number of fused-ring (bicyclic) bond motifs is 1. The van der Waals surface area contributed by atoms with Gasteiger partial charge in [-0.3, -0.25) is 9.13 Å². The SMILES string of the molecule is CC(OCP(=O)(O)O)C(OC(c1ccccc1)(c1ccccc1)c1ccccc1)n1cnc2c(NC(c3ccccc3)(c3ccccc3)c3ccccc3)ncnc21. The molecule has 8 rings (SSSR count). The summed E-state index contributed by atoms with van der Waals surface area (Å²) in [5.41, 5.74) is 4.18. The van der Waals surface area contributed by atoms with Crippen LogP contribution in [0.5, 0.6) is 0 Å². The maximum atomic E-state index is 12.2. The van der Waals surface area contributed by atoms with Crippen molar-refractivity contribution in [3.05, 3.63) is 228 Å². The van der Waals surface area contributed by atoms with E-state index in [9.17, 15) is 14.4 Å². The van der Waals surface area contributed by atoms with E-state index in [2.05, 4.69) is 41.7 Å². The number of rotatable bonds is 15. The van der Waals surface area contributed by atoms with Crippen LogP contribution in [0.2, 0.25) is 0 Å². The minimum Gasteiger partial charge on any atom is -0.361 e. The van der Waals surface area contributed by atoms with Crippen LogP contribution >= 0.6 is 7.60 Å². The highest BCUT2D eigenvalue weighted by Gasteiger charge is 2.43. The number of benzene rings is 6. The molecule has 2 heterocycles. The van der Waals surface area contributed by atoms with E-state index in [1.54, 1.807) is 17.8 Å². The van der Waals surface area contributed by atoms with Crippen molar-refractivity contribution < 1.29 is 23.8 Å². The van der Waals surface area contributed by atoms with Crippen LogP contribution in [0.1, 0.15) is 46.5 Å². The zero-order chi connectivity index (χ0) is 40.0. The average molecular weight is 788 g/mol. The standard InChI is InChI=1S/C47H42N5O5P/c1-35(56-34-58(53,54)55)45(57-47(39-26-14-5-15-27-39,40-28-16-6-17-29-40)41-30-18-7-19-31-41)52-33-50-42-43(48-32-49-44(42)52)51-46(36-20-8-2-9-21-36,37-22-10-3-11-23-37)38-24-12-4-13-25-38/h2-33,35,45H,34H2,1H3,(H,48,49,51)(H2,53,54,55). The third kappa shape index (κ3) is 7.59. The second-order valence-electron chi connectivity index (χ2n) is 14.0. The first-order valence-electron chi connectivity index (χ1n) is 18.9. The lowest BCUT2D eigenvalue weighted by atomic mass is 9.77. The molecule has 0 aliphatic heterocycles. The lowest BCUT2D eigenvalue weighted by Crippen LogP contribution is -2.40. The van der Waals surface area contributed by atoms with Crippen molar-refractivity contribution in [2.24, 2.45) is 0 Å². The molecule has 3 N–H and O–H groups in total. The highest BCUT2D eigenvalue weighted by molar-refractivity contribution is 7.51. The summed E-state index contributed by atoms with van der Waals surface area (Å²) < 4.78 is 27.4. The van der Waals surface area contributed by atoms with Gasteiger partial charge in [0, 0.05) is 0 Å². The molecule has 0 fully saturated rings. The predicted molar refractivity (Wildman–Crippen MR) is 225 cm³/mol. The lowest BCUT2D eigenvalue weighted by Gasteiger charge is -2.40. The molecule has 0 radical (unpaired) electrons. The van der Waals surface area contributed by atoms with Gasteiger partial charge in [0.1, 0.15) is 29.9 Å². The summed E-state index contributed by atoms with van der Waals surface area (Å²) in [6.07, 6.45) is 0.315. The van der Waals surface area contributed by atoms with Crippen LogP contribution in [0, 0.1) is 0 Å². The van der Waals surface area contributed by atoms with E-state index in [0.29, 0.717) is 17.0 Å². The van der Waals surface area contributed by atoms with Gasteiger partial charge in [0.15, 0.2) is 23.2 Å². The Kier molecular flexibility index (Phi) is 11.1. The zero-order valence-electron chi connectivity index (χ0n) is 31.7. The van der Waals surface area contributed by atoms with Crippen LogP contribution in [-0.2, 0) is 25.2 Å². The second-order valence-corrected chi connectivity index (χ2v) is 15.6. The maximum Gasteiger partial charge on any atom is 0.350 e. The topological polar surface area (TPSA) is 132 Å². The van der Waals surface area contributed by atoms with Crippen molar-refractivity contribution in [3.63, 3.8) is 0 Å². The molecule has 0 aliphatic rings. The third-order valence-corrected chi connectivity index (χ3v) is 10.8. The minimum atomic E-state index is -4.57. The number of nitrogens with one attached hydrogen (secondary N) is 1. The molecule has 0 saturated carbocycles.